The number of hydrogen-bond acceptors (Lipinski definition) is 2. The Kier molecular flexibility index (Phi) is 3.79. The minimum atomic E-state index is -0.0677. The molecular formula is C13H22O2. The van der Waals surface area contributed by atoms with E-state index < -0.39 is 0 Å². The SMILES string of the molecule is CC1CCC(C(=O)CC2CCCCC2)O1. The van der Waals surface area contributed by atoms with E-state index >= 15 is 0 Å². The number of carbonyl (C=O) groups excluding carboxylic acids is 1. The van der Waals surface area contributed by atoms with Gasteiger partial charge in [-0.25, -0.2) is 0 Å². The maximum atomic E-state index is 11.9. The Bertz CT molecular complexity index is 219. The average molecular weight is 210 g/mol. The molecule has 2 rings (SSSR count). The summed E-state index contributed by atoms with van der Waals surface area (Å²) < 4.78 is 5.62. The molecule has 1 saturated heterocycles. The van der Waals surface area contributed by atoms with Gasteiger partial charge in [-0.1, -0.05) is 32.1 Å². The summed E-state index contributed by atoms with van der Waals surface area (Å²) in [6.45, 7) is 2.06. The quantitative estimate of drug-likeness (QED) is 0.715. The number of ketones is 1. The van der Waals surface area contributed by atoms with Crippen molar-refractivity contribution < 1.29 is 9.53 Å². The van der Waals surface area contributed by atoms with E-state index in [1.807, 2.05) is 0 Å². The highest BCUT2D eigenvalue weighted by molar-refractivity contribution is 5.83. The van der Waals surface area contributed by atoms with Gasteiger partial charge in [0.25, 0.3) is 0 Å². The molecule has 0 aromatic heterocycles. The molecule has 0 aromatic carbocycles. The van der Waals surface area contributed by atoms with Crippen molar-refractivity contribution in [3.8, 4) is 0 Å². The highest BCUT2D eigenvalue weighted by atomic mass is 16.5. The fraction of sp³-hybridized carbons (Fsp3) is 0.923. The minimum Gasteiger partial charge on any atom is -0.368 e. The normalized spacial score (nSPS) is 33.1. The lowest BCUT2D eigenvalue weighted by Crippen LogP contribution is -2.24. The van der Waals surface area contributed by atoms with Crippen LogP contribution in [0.3, 0.4) is 0 Å². The third kappa shape index (κ3) is 3.04. The first-order chi connectivity index (χ1) is 7.25. The van der Waals surface area contributed by atoms with Crippen LogP contribution in [0.2, 0.25) is 0 Å². The van der Waals surface area contributed by atoms with Crippen molar-refractivity contribution in [3.05, 3.63) is 0 Å². The zero-order valence-electron chi connectivity index (χ0n) is 9.71. The summed E-state index contributed by atoms with van der Waals surface area (Å²) in [5, 5.41) is 0. The summed E-state index contributed by atoms with van der Waals surface area (Å²) in [6, 6.07) is 0. The summed E-state index contributed by atoms with van der Waals surface area (Å²) in [5.41, 5.74) is 0. The highest BCUT2D eigenvalue weighted by Gasteiger charge is 2.29. The minimum absolute atomic E-state index is 0.0677. The van der Waals surface area contributed by atoms with Gasteiger partial charge < -0.3 is 4.74 Å². The van der Waals surface area contributed by atoms with Gasteiger partial charge in [0.2, 0.25) is 0 Å². The Morgan fingerprint density at radius 2 is 1.87 bits per heavy atom. The molecule has 0 N–H and O–H groups in total. The number of hydrogen-bond donors (Lipinski definition) is 0. The zero-order valence-corrected chi connectivity index (χ0v) is 9.71. The van der Waals surface area contributed by atoms with Crippen LogP contribution in [-0.4, -0.2) is 18.0 Å². The Balaban J connectivity index is 1.76. The smallest absolute Gasteiger partial charge is 0.161 e. The molecule has 0 aromatic rings. The van der Waals surface area contributed by atoms with E-state index in [9.17, 15) is 4.79 Å². The molecule has 2 aliphatic rings. The predicted molar refractivity (Wildman–Crippen MR) is 59.8 cm³/mol. The Hall–Kier alpha value is -0.370. The molecule has 2 heteroatoms. The second-order valence-corrected chi connectivity index (χ2v) is 5.19. The number of carbonyl (C=O) groups is 1. The van der Waals surface area contributed by atoms with Gasteiger partial charge in [-0.15, -0.1) is 0 Å². The van der Waals surface area contributed by atoms with Gasteiger partial charge in [-0.3, -0.25) is 4.79 Å². The van der Waals surface area contributed by atoms with Gasteiger partial charge in [0.05, 0.1) is 6.10 Å². The van der Waals surface area contributed by atoms with Crippen molar-refractivity contribution in [2.75, 3.05) is 0 Å². The van der Waals surface area contributed by atoms with Crippen LogP contribution in [0.25, 0.3) is 0 Å². The van der Waals surface area contributed by atoms with E-state index in [0.717, 1.165) is 19.3 Å². The van der Waals surface area contributed by atoms with Crippen molar-refractivity contribution in [2.24, 2.45) is 5.92 Å². The summed E-state index contributed by atoms with van der Waals surface area (Å²) in [4.78, 5) is 11.9. The Labute approximate surface area is 92.4 Å². The molecule has 1 heterocycles. The number of Topliss-reactive ketones (excluding diaryl/α,β-unsaturated/α-hetero) is 1. The van der Waals surface area contributed by atoms with Crippen LogP contribution in [0.4, 0.5) is 0 Å². The molecule has 0 radical (unpaired) electrons. The Morgan fingerprint density at radius 1 is 1.13 bits per heavy atom. The summed E-state index contributed by atoms with van der Waals surface area (Å²) >= 11 is 0. The first kappa shape index (κ1) is 11.1. The average Bonchev–Trinajstić information content (AvgIpc) is 2.66. The molecule has 1 saturated carbocycles. The topological polar surface area (TPSA) is 26.3 Å². The van der Waals surface area contributed by atoms with Crippen LogP contribution in [0.1, 0.15) is 58.3 Å². The first-order valence-corrected chi connectivity index (χ1v) is 6.44. The zero-order chi connectivity index (χ0) is 10.7. The van der Waals surface area contributed by atoms with Crippen molar-refractivity contribution in [2.45, 2.75) is 70.5 Å². The third-order valence-corrected chi connectivity index (χ3v) is 3.81. The summed E-state index contributed by atoms with van der Waals surface area (Å²) in [6.07, 6.45) is 9.53. The standard InChI is InChI=1S/C13H22O2/c1-10-7-8-13(15-10)12(14)9-11-5-3-2-4-6-11/h10-11,13H,2-9H2,1H3. The van der Waals surface area contributed by atoms with Crippen molar-refractivity contribution in [3.63, 3.8) is 0 Å². The largest absolute Gasteiger partial charge is 0.368 e. The van der Waals surface area contributed by atoms with Gasteiger partial charge >= 0.3 is 0 Å². The number of ether oxygens (including phenoxy) is 1. The summed E-state index contributed by atoms with van der Waals surface area (Å²) in [7, 11) is 0. The lowest BCUT2D eigenvalue weighted by atomic mass is 9.85. The number of rotatable bonds is 3. The van der Waals surface area contributed by atoms with Gasteiger partial charge in [0.1, 0.15) is 6.10 Å². The van der Waals surface area contributed by atoms with Crippen LogP contribution in [0.5, 0.6) is 0 Å². The molecule has 2 unspecified atom stereocenters. The fourth-order valence-corrected chi connectivity index (χ4v) is 2.85. The van der Waals surface area contributed by atoms with E-state index in [-0.39, 0.29) is 6.10 Å². The fourth-order valence-electron chi connectivity index (χ4n) is 2.85. The maximum absolute atomic E-state index is 11.9. The van der Waals surface area contributed by atoms with Crippen LogP contribution >= 0.6 is 0 Å². The third-order valence-electron chi connectivity index (χ3n) is 3.81. The molecule has 2 fully saturated rings. The first-order valence-electron chi connectivity index (χ1n) is 6.44. The molecule has 0 bridgehead atoms. The van der Waals surface area contributed by atoms with Crippen LogP contribution in [-0.2, 0) is 9.53 Å². The molecule has 0 spiro atoms. The van der Waals surface area contributed by atoms with Gasteiger partial charge in [0.15, 0.2) is 5.78 Å². The van der Waals surface area contributed by atoms with Crippen molar-refractivity contribution in [1.29, 1.82) is 0 Å². The van der Waals surface area contributed by atoms with Gasteiger partial charge in [0, 0.05) is 6.42 Å². The van der Waals surface area contributed by atoms with Crippen LogP contribution < -0.4 is 0 Å². The molecule has 86 valence electrons. The van der Waals surface area contributed by atoms with E-state index in [0.29, 0.717) is 17.8 Å². The molecule has 15 heavy (non-hydrogen) atoms. The van der Waals surface area contributed by atoms with Crippen molar-refractivity contribution in [1.82, 2.24) is 0 Å². The van der Waals surface area contributed by atoms with Crippen molar-refractivity contribution >= 4 is 5.78 Å². The lowest BCUT2D eigenvalue weighted by molar-refractivity contribution is -0.130. The predicted octanol–water partition coefficient (Wildman–Crippen LogP) is 3.09. The molecule has 1 aliphatic heterocycles. The highest BCUT2D eigenvalue weighted by Crippen LogP contribution is 2.29. The lowest BCUT2D eigenvalue weighted by Gasteiger charge is -2.22. The molecule has 2 atom stereocenters. The second kappa shape index (κ2) is 5.11. The van der Waals surface area contributed by atoms with Crippen LogP contribution in [0.15, 0.2) is 0 Å². The van der Waals surface area contributed by atoms with Gasteiger partial charge in [-0.05, 0) is 25.7 Å². The maximum Gasteiger partial charge on any atom is 0.161 e. The monoisotopic (exact) mass is 210 g/mol. The molecule has 2 nitrogen and oxygen atoms in total. The van der Waals surface area contributed by atoms with E-state index in [4.69, 9.17) is 4.74 Å². The van der Waals surface area contributed by atoms with E-state index in [2.05, 4.69) is 6.92 Å². The Morgan fingerprint density at radius 3 is 2.47 bits per heavy atom. The molecule has 0 amide bonds. The second-order valence-electron chi connectivity index (χ2n) is 5.19. The van der Waals surface area contributed by atoms with Gasteiger partial charge in [-0.2, -0.15) is 0 Å². The van der Waals surface area contributed by atoms with Crippen LogP contribution in [0, 0.1) is 5.92 Å². The molecular weight excluding hydrogens is 188 g/mol. The molecule has 1 aliphatic carbocycles. The van der Waals surface area contributed by atoms with E-state index in [1.54, 1.807) is 0 Å². The van der Waals surface area contributed by atoms with E-state index in [1.165, 1.54) is 32.1 Å². The summed E-state index contributed by atoms with van der Waals surface area (Å²) in [5.74, 6) is 1.03.